The molecule has 0 aliphatic carbocycles. The van der Waals surface area contributed by atoms with Crippen molar-refractivity contribution in [3.63, 3.8) is 0 Å². The van der Waals surface area contributed by atoms with Crippen molar-refractivity contribution in [1.29, 1.82) is 0 Å². The molecular weight excluding hydrogens is 301 g/mol. The third-order valence-electron chi connectivity index (χ3n) is 2.66. The van der Waals surface area contributed by atoms with Gasteiger partial charge in [-0.25, -0.2) is 12.8 Å². The molecular formula is C14H13ClFNO2S. The standard InChI is InChI=1S/C14H13ClFNO2S/c1-9-5-10(2)7-12(6-9)17-20(18,19)14-4-3-11(16)8-13(14)15/h3-8,17H,1-2H3. The number of anilines is 1. The second kappa shape index (κ2) is 5.42. The number of halogens is 2. The fraction of sp³-hybridized carbons (Fsp3) is 0.143. The van der Waals surface area contributed by atoms with E-state index in [0.29, 0.717) is 5.69 Å². The molecule has 0 aromatic heterocycles. The molecule has 0 aliphatic heterocycles. The molecule has 0 saturated heterocycles. The van der Waals surface area contributed by atoms with Gasteiger partial charge in [0.05, 0.1) is 5.02 Å². The molecule has 0 unspecified atom stereocenters. The van der Waals surface area contributed by atoms with Gasteiger partial charge in [-0.3, -0.25) is 4.72 Å². The zero-order valence-electron chi connectivity index (χ0n) is 10.9. The maximum atomic E-state index is 13.0. The minimum absolute atomic E-state index is 0.151. The normalized spacial score (nSPS) is 11.4. The molecule has 2 rings (SSSR count). The fourth-order valence-corrected chi connectivity index (χ4v) is 3.51. The number of sulfonamides is 1. The largest absolute Gasteiger partial charge is 0.280 e. The second-order valence-corrected chi connectivity index (χ2v) is 6.61. The number of benzene rings is 2. The van der Waals surface area contributed by atoms with Crippen molar-refractivity contribution in [1.82, 2.24) is 0 Å². The lowest BCUT2D eigenvalue weighted by Gasteiger charge is -2.11. The first-order valence-electron chi connectivity index (χ1n) is 5.84. The van der Waals surface area contributed by atoms with Crippen LogP contribution in [0.15, 0.2) is 41.3 Å². The van der Waals surface area contributed by atoms with Gasteiger partial charge in [-0.2, -0.15) is 0 Å². The Morgan fingerprint density at radius 1 is 1.05 bits per heavy atom. The zero-order valence-corrected chi connectivity index (χ0v) is 12.5. The number of hydrogen-bond acceptors (Lipinski definition) is 2. The van der Waals surface area contributed by atoms with Gasteiger partial charge in [0.2, 0.25) is 0 Å². The maximum Gasteiger partial charge on any atom is 0.263 e. The van der Waals surface area contributed by atoms with E-state index in [1.54, 1.807) is 12.1 Å². The second-order valence-electron chi connectivity index (χ2n) is 4.56. The highest BCUT2D eigenvalue weighted by atomic mass is 35.5. The molecule has 0 heterocycles. The summed E-state index contributed by atoms with van der Waals surface area (Å²) in [5.74, 6) is -0.583. The van der Waals surface area contributed by atoms with E-state index in [2.05, 4.69) is 4.72 Å². The minimum Gasteiger partial charge on any atom is -0.280 e. The average Bonchev–Trinajstić information content (AvgIpc) is 2.25. The van der Waals surface area contributed by atoms with Crippen LogP contribution >= 0.6 is 11.6 Å². The Morgan fingerprint density at radius 2 is 1.65 bits per heavy atom. The van der Waals surface area contributed by atoms with Gasteiger partial charge in [0, 0.05) is 5.69 Å². The van der Waals surface area contributed by atoms with Crippen molar-refractivity contribution in [3.05, 3.63) is 58.4 Å². The lowest BCUT2D eigenvalue weighted by Crippen LogP contribution is -2.13. The summed E-state index contributed by atoms with van der Waals surface area (Å²) in [7, 11) is -3.84. The van der Waals surface area contributed by atoms with Gasteiger partial charge in [-0.1, -0.05) is 17.7 Å². The SMILES string of the molecule is Cc1cc(C)cc(NS(=O)(=O)c2ccc(F)cc2Cl)c1. The van der Waals surface area contributed by atoms with Crippen LogP contribution in [0.3, 0.4) is 0 Å². The Kier molecular flexibility index (Phi) is 4.01. The van der Waals surface area contributed by atoms with Gasteiger partial charge in [-0.05, 0) is 55.3 Å². The highest BCUT2D eigenvalue weighted by Gasteiger charge is 2.18. The topological polar surface area (TPSA) is 46.2 Å². The van der Waals surface area contributed by atoms with E-state index >= 15 is 0 Å². The monoisotopic (exact) mass is 313 g/mol. The van der Waals surface area contributed by atoms with Crippen molar-refractivity contribution < 1.29 is 12.8 Å². The molecule has 1 N–H and O–H groups in total. The molecule has 2 aromatic carbocycles. The van der Waals surface area contributed by atoms with Crippen molar-refractivity contribution in [2.24, 2.45) is 0 Å². The van der Waals surface area contributed by atoms with Gasteiger partial charge in [0.25, 0.3) is 10.0 Å². The van der Waals surface area contributed by atoms with Crippen LogP contribution in [0.2, 0.25) is 5.02 Å². The quantitative estimate of drug-likeness (QED) is 0.934. The van der Waals surface area contributed by atoms with E-state index in [0.717, 1.165) is 29.3 Å². The lowest BCUT2D eigenvalue weighted by atomic mass is 10.1. The third-order valence-corrected chi connectivity index (χ3v) is 4.52. The predicted molar refractivity (Wildman–Crippen MR) is 78.1 cm³/mol. The molecule has 0 spiro atoms. The molecule has 0 atom stereocenters. The molecule has 0 amide bonds. The van der Waals surface area contributed by atoms with Crippen LogP contribution in [-0.2, 0) is 10.0 Å². The molecule has 2 aromatic rings. The van der Waals surface area contributed by atoms with Gasteiger partial charge < -0.3 is 0 Å². The molecule has 3 nitrogen and oxygen atoms in total. The molecule has 0 fully saturated rings. The average molecular weight is 314 g/mol. The first-order chi connectivity index (χ1) is 9.28. The van der Waals surface area contributed by atoms with Crippen LogP contribution in [0.25, 0.3) is 0 Å². The van der Waals surface area contributed by atoms with Gasteiger partial charge in [0.1, 0.15) is 10.7 Å². The minimum atomic E-state index is -3.84. The molecule has 20 heavy (non-hydrogen) atoms. The Hall–Kier alpha value is -1.59. The van der Waals surface area contributed by atoms with Gasteiger partial charge in [-0.15, -0.1) is 0 Å². The van der Waals surface area contributed by atoms with Crippen LogP contribution in [-0.4, -0.2) is 8.42 Å². The van der Waals surface area contributed by atoms with Gasteiger partial charge >= 0.3 is 0 Å². The van der Waals surface area contributed by atoms with Gasteiger partial charge in [0.15, 0.2) is 0 Å². The summed E-state index contributed by atoms with van der Waals surface area (Å²) < 4.78 is 39.9. The van der Waals surface area contributed by atoms with Crippen LogP contribution in [0.1, 0.15) is 11.1 Å². The van der Waals surface area contributed by atoms with E-state index < -0.39 is 15.8 Å². The van der Waals surface area contributed by atoms with E-state index in [9.17, 15) is 12.8 Å². The van der Waals surface area contributed by atoms with E-state index in [4.69, 9.17) is 11.6 Å². The Morgan fingerprint density at radius 3 is 2.20 bits per heavy atom. The summed E-state index contributed by atoms with van der Waals surface area (Å²) in [6.45, 7) is 3.74. The van der Waals surface area contributed by atoms with Crippen LogP contribution in [0.4, 0.5) is 10.1 Å². The Bertz CT molecular complexity index is 740. The third kappa shape index (κ3) is 3.29. The van der Waals surface area contributed by atoms with E-state index in [1.807, 2.05) is 19.9 Å². The van der Waals surface area contributed by atoms with Crippen LogP contribution in [0.5, 0.6) is 0 Å². The highest BCUT2D eigenvalue weighted by Crippen LogP contribution is 2.25. The predicted octanol–water partition coefficient (Wildman–Crippen LogP) is 3.90. The summed E-state index contributed by atoms with van der Waals surface area (Å²) in [6, 6.07) is 8.52. The number of nitrogens with one attached hydrogen (secondary N) is 1. The zero-order chi connectivity index (χ0) is 14.9. The molecule has 0 saturated carbocycles. The number of rotatable bonds is 3. The lowest BCUT2D eigenvalue weighted by molar-refractivity contribution is 0.600. The maximum absolute atomic E-state index is 13.0. The highest BCUT2D eigenvalue weighted by molar-refractivity contribution is 7.92. The molecule has 0 bridgehead atoms. The Balaban J connectivity index is 2.40. The summed E-state index contributed by atoms with van der Waals surface area (Å²) in [5, 5.41) is -0.151. The molecule has 0 aliphatic rings. The summed E-state index contributed by atoms with van der Waals surface area (Å²) in [4.78, 5) is -0.153. The summed E-state index contributed by atoms with van der Waals surface area (Å²) in [6.07, 6.45) is 0. The smallest absolute Gasteiger partial charge is 0.263 e. The van der Waals surface area contributed by atoms with E-state index in [-0.39, 0.29) is 9.92 Å². The van der Waals surface area contributed by atoms with Crippen molar-refractivity contribution in [2.75, 3.05) is 4.72 Å². The van der Waals surface area contributed by atoms with Crippen molar-refractivity contribution >= 4 is 27.3 Å². The summed E-state index contributed by atoms with van der Waals surface area (Å²) >= 11 is 5.78. The molecule has 6 heteroatoms. The molecule has 106 valence electrons. The van der Waals surface area contributed by atoms with E-state index in [1.165, 1.54) is 0 Å². The van der Waals surface area contributed by atoms with Crippen LogP contribution < -0.4 is 4.72 Å². The Labute approximate surface area is 122 Å². The first-order valence-corrected chi connectivity index (χ1v) is 7.70. The van der Waals surface area contributed by atoms with Crippen molar-refractivity contribution in [3.8, 4) is 0 Å². The van der Waals surface area contributed by atoms with Crippen LogP contribution in [0, 0.1) is 19.7 Å². The number of hydrogen-bond donors (Lipinski definition) is 1. The molecule has 0 radical (unpaired) electrons. The first kappa shape index (κ1) is 14.8. The van der Waals surface area contributed by atoms with Crippen molar-refractivity contribution in [2.45, 2.75) is 18.7 Å². The number of aryl methyl sites for hydroxylation is 2. The summed E-state index contributed by atoms with van der Waals surface area (Å²) in [5.41, 5.74) is 2.32. The fourth-order valence-electron chi connectivity index (χ4n) is 1.94.